The van der Waals surface area contributed by atoms with Crippen molar-refractivity contribution in [3.05, 3.63) is 18.3 Å². The van der Waals surface area contributed by atoms with Gasteiger partial charge in [0.05, 0.1) is 0 Å². The predicted octanol–water partition coefficient (Wildman–Crippen LogP) is 1.33. The number of halogens is 3. The predicted molar refractivity (Wildman–Crippen MR) is 67.2 cm³/mol. The number of anilines is 1. The van der Waals surface area contributed by atoms with Crippen LogP contribution in [0, 0.1) is 0 Å². The molecule has 0 bridgehead atoms. The summed E-state index contributed by atoms with van der Waals surface area (Å²) in [4.78, 5) is 3.29. The fraction of sp³-hybridized carbons (Fsp3) is 0.500. The summed E-state index contributed by atoms with van der Waals surface area (Å²) >= 11 is 0. The van der Waals surface area contributed by atoms with E-state index >= 15 is 0 Å². The molecule has 3 N–H and O–H groups in total. The maximum atomic E-state index is 12.5. The second-order valence-corrected chi connectivity index (χ2v) is 5.85. The van der Waals surface area contributed by atoms with Gasteiger partial charge in [-0.15, -0.1) is 0 Å². The molecule has 0 aliphatic heterocycles. The number of sulfonamides is 1. The Bertz CT molecular complexity index is 548. The fourth-order valence-electron chi connectivity index (χ4n) is 1.58. The van der Waals surface area contributed by atoms with E-state index in [2.05, 4.69) is 10.4 Å². The van der Waals surface area contributed by atoms with Crippen LogP contribution in [0.2, 0.25) is 0 Å². The normalized spacial score (nSPS) is 12.7. The third-order valence-corrected chi connectivity index (χ3v) is 4.23. The van der Waals surface area contributed by atoms with Gasteiger partial charge in [0.25, 0.3) is 0 Å². The molecule has 0 spiro atoms. The summed E-state index contributed by atoms with van der Waals surface area (Å²) in [5, 5.41) is 0. The van der Waals surface area contributed by atoms with Crippen molar-refractivity contribution in [2.24, 2.45) is 5.84 Å². The molecule has 0 saturated heterocycles. The molecule has 0 amide bonds. The summed E-state index contributed by atoms with van der Waals surface area (Å²) in [6.45, 7) is -0.215. The first-order valence-corrected chi connectivity index (χ1v) is 7.15. The summed E-state index contributed by atoms with van der Waals surface area (Å²) in [5.74, 6) is 4.93. The maximum Gasteiger partial charge on any atom is 0.402 e. The van der Waals surface area contributed by atoms with Crippen molar-refractivity contribution in [2.45, 2.75) is 24.4 Å². The van der Waals surface area contributed by atoms with Crippen LogP contribution in [0.25, 0.3) is 0 Å². The van der Waals surface area contributed by atoms with E-state index in [-0.39, 0.29) is 23.7 Å². The highest BCUT2D eigenvalue weighted by Crippen LogP contribution is 2.25. The molecule has 0 radical (unpaired) electrons. The van der Waals surface area contributed by atoms with Crippen molar-refractivity contribution in [1.29, 1.82) is 0 Å². The molecule has 0 saturated carbocycles. The summed E-state index contributed by atoms with van der Waals surface area (Å²) < 4.78 is 62.4. The van der Waals surface area contributed by atoms with Crippen molar-refractivity contribution in [3.63, 3.8) is 0 Å². The number of aromatic nitrogens is 1. The number of nitrogens with zero attached hydrogens (tertiary/aromatic N) is 2. The van der Waals surface area contributed by atoms with E-state index in [1.165, 1.54) is 12.3 Å². The number of pyridine rings is 1. The van der Waals surface area contributed by atoms with Gasteiger partial charge < -0.3 is 5.43 Å². The molecule has 1 rings (SSSR count). The number of alkyl halides is 3. The molecular weight excluding hydrogens is 297 g/mol. The van der Waals surface area contributed by atoms with Crippen LogP contribution in [0.3, 0.4) is 0 Å². The third kappa shape index (κ3) is 4.05. The molecule has 0 aliphatic rings. The van der Waals surface area contributed by atoms with Crippen molar-refractivity contribution < 1.29 is 21.6 Å². The standard InChI is InChI=1S/C10H15F3N4O2S/c1-2-6-17(7-10(11,12)13)20(18,19)8-4-3-5-15-9(8)16-14/h3-5H,2,6-7,14H2,1H3,(H,15,16). The molecule has 1 aromatic rings. The zero-order valence-corrected chi connectivity index (χ0v) is 11.5. The van der Waals surface area contributed by atoms with Gasteiger partial charge in [-0.3, -0.25) is 0 Å². The molecular formula is C10H15F3N4O2S. The number of rotatable bonds is 6. The second kappa shape index (κ2) is 6.37. The van der Waals surface area contributed by atoms with Crippen LogP contribution in [0.4, 0.5) is 19.0 Å². The summed E-state index contributed by atoms with van der Waals surface area (Å²) in [7, 11) is -4.33. The Morgan fingerprint density at radius 2 is 2.10 bits per heavy atom. The smallest absolute Gasteiger partial charge is 0.307 e. The van der Waals surface area contributed by atoms with Crippen molar-refractivity contribution in [1.82, 2.24) is 9.29 Å². The molecule has 1 aromatic heterocycles. The Balaban J connectivity index is 3.22. The quantitative estimate of drug-likeness (QED) is 0.611. The van der Waals surface area contributed by atoms with Crippen LogP contribution >= 0.6 is 0 Å². The first-order chi connectivity index (χ1) is 9.22. The topological polar surface area (TPSA) is 88.3 Å². The lowest BCUT2D eigenvalue weighted by molar-refractivity contribution is -0.136. The lowest BCUT2D eigenvalue weighted by atomic mass is 10.4. The van der Waals surface area contributed by atoms with Gasteiger partial charge in [-0.25, -0.2) is 19.2 Å². The van der Waals surface area contributed by atoms with Crippen molar-refractivity contribution in [3.8, 4) is 0 Å². The van der Waals surface area contributed by atoms with Crippen molar-refractivity contribution in [2.75, 3.05) is 18.5 Å². The molecule has 0 aromatic carbocycles. The molecule has 0 unspecified atom stereocenters. The second-order valence-electron chi connectivity index (χ2n) is 3.95. The van der Waals surface area contributed by atoms with Gasteiger partial charge in [0.15, 0.2) is 5.82 Å². The lowest BCUT2D eigenvalue weighted by Crippen LogP contribution is -2.39. The van der Waals surface area contributed by atoms with E-state index in [0.717, 1.165) is 6.07 Å². The largest absolute Gasteiger partial charge is 0.402 e. The van der Waals surface area contributed by atoms with Crippen LogP contribution in [-0.4, -0.2) is 37.0 Å². The highest BCUT2D eigenvalue weighted by molar-refractivity contribution is 7.89. The number of nitrogens with two attached hydrogens (primary N) is 1. The summed E-state index contributed by atoms with van der Waals surface area (Å²) in [6.07, 6.45) is -3.09. The Labute approximate surface area is 114 Å². The lowest BCUT2D eigenvalue weighted by Gasteiger charge is -2.23. The zero-order valence-electron chi connectivity index (χ0n) is 10.7. The van der Waals surface area contributed by atoms with Gasteiger partial charge >= 0.3 is 6.18 Å². The average Bonchev–Trinajstić information content (AvgIpc) is 2.36. The summed E-state index contributed by atoms with van der Waals surface area (Å²) in [6, 6.07) is 2.46. The van der Waals surface area contributed by atoms with Crippen LogP contribution < -0.4 is 11.3 Å². The minimum absolute atomic E-state index is 0.198. The Morgan fingerprint density at radius 3 is 2.60 bits per heavy atom. The van der Waals surface area contributed by atoms with E-state index in [4.69, 9.17) is 5.84 Å². The van der Waals surface area contributed by atoms with Crippen LogP contribution in [0.5, 0.6) is 0 Å². The minimum atomic E-state index is -4.62. The Morgan fingerprint density at radius 1 is 1.45 bits per heavy atom. The third-order valence-electron chi connectivity index (χ3n) is 2.35. The SMILES string of the molecule is CCCN(CC(F)(F)F)S(=O)(=O)c1cccnc1NN. The van der Waals surface area contributed by atoms with Gasteiger partial charge in [0, 0.05) is 12.7 Å². The van der Waals surface area contributed by atoms with Gasteiger partial charge in [0.1, 0.15) is 11.4 Å². The molecule has 1 heterocycles. The maximum absolute atomic E-state index is 12.5. The molecule has 0 fully saturated rings. The highest BCUT2D eigenvalue weighted by atomic mass is 32.2. The number of nitrogens with one attached hydrogen (secondary N) is 1. The molecule has 0 aliphatic carbocycles. The number of hydrogen-bond acceptors (Lipinski definition) is 5. The Hall–Kier alpha value is -1.39. The molecule has 114 valence electrons. The summed E-state index contributed by atoms with van der Waals surface area (Å²) in [5.41, 5.74) is 2.06. The molecule has 6 nitrogen and oxygen atoms in total. The highest BCUT2D eigenvalue weighted by Gasteiger charge is 2.37. The van der Waals surface area contributed by atoms with Gasteiger partial charge in [-0.1, -0.05) is 6.92 Å². The number of hydrazine groups is 1. The monoisotopic (exact) mass is 312 g/mol. The number of hydrogen-bond donors (Lipinski definition) is 2. The molecule has 10 heteroatoms. The van der Waals surface area contributed by atoms with E-state index in [1.807, 2.05) is 0 Å². The van der Waals surface area contributed by atoms with Crippen molar-refractivity contribution >= 4 is 15.8 Å². The van der Waals surface area contributed by atoms with Crippen LogP contribution in [-0.2, 0) is 10.0 Å². The first-order valence-electron chi connectivity index (χ1n) is 5.71. The zero-order chi connectivity index (χ0) is 15.4. The first kappa shape index (κ1) is 16.7. The number of nitrogen functional groups attached to an aromatic ring is 1. The van der Waals surface area contributed by atoms with E-state index < -0.39 is 22.7 Å². The van der Waals surface area contributed by atoms with Gasteiger partial charge in [-0.2, -0.15) is 17.5 Å². The van der Waals surface area contributed by atoms with E-state index in [0.29, 0.717) is 4.31 Å². The minimum Gasteiger partial charge on any atom is -0.307 e. The average molecular weight is 312 g/mol. The van der Waals surface area contributed by atoms with Gasteiger partial charge in [0.2, 0.25) is 10.0 Å². The van der Waals surface area contributed by atoms with E-state index in [1.54, 1.807) is 6.92 Å². The fourth-order valence-corrected chi connectivity index (χ4v) is 3.20. The van der Waals surface area contributed by atoms with Crippen LogP contribution in [0.15, 0.2) is 23.2 Å². The van der Waals surface area contributed by atoms with Gasteiger partial charge in [-0.05, 0) is 18.6 Å². The Kier molecular flexibility index (Phi) is 5.31. The molecule has 0 atom stereocenters. The van der Waals surface area contributed by atoms with E-state index in [9.17, 15) is 21.6 Å². The molecule has 20 heavy (non-hydrogen) atoms. The van der Waals surface area contributed by atoms with Crippen LogP contribution in [0.1, 0.15) is 13.3 Å².